The zero-order chi connectivity index (χ0) is 13.8. The van der Waals surface area contributed by atoms with Crippen LogP contribution in [-0.4, -0.2) is 29.0 Å². The van der Waals surface area contributed by atoms with Crippen molar-refractivity contribution in [3.05, 3.63) is 24.0 Å². The summed E-state index contributed by atoms with van der Waals surface area (Å²) in [5.74, 6) is 1.01. The molecule has 0 radical (unpaired) electrons. The first kappa shape index (κ1) is 13.4. The number of aromatic hydroxyl groups is 1. The lowest BCUT2D eigenvalue weighted by atomic mass is 10.2. The van der Waals surface area contributed by atoms with E-state index < -0.39 is 0 Å². The predicted molar refractivity (Wildman–Crippen MR) is 68.0 cm³/mol. The summed E-state index contributed by atoms with van der Waals surface area (Å²) in [5.41, 5.74) is 0.432. The molecule has 6 nitrogen and oxygen atoms in total. The third-order valence-corrected chi connectivity index (χ3v) is 2.67. The SMILES string of the molecule is CCOC(C)c1noc(-c2cccc(OC)c2O)n1. The second-order valence-corrected chi connectivity index (χ2v) is 3.91. The highest BCUT2D eigenvalue weighted by atomic mass is 16.5. The molecule has 1 aromatic carbocycles. The van der Waals surface area contributed by atoms with Gasteiger partial charge >= 0.3 is 0 Å². The second kappa shape index (κ2) is 5.71. The number of rotatable bonds is 5. The van der Waals surface area contributed by atoms with Crippen LogP contribution in [0.25, 0.3) is 11.5 Å². The lowest BCUT2D eigenvalue weighted by molar-refractivity contribution is 0.0683. The molecule has 0 aliphatic carbocycles. The van der Waals surface area contributed by atoms with E-state index in [9.17, 15) is 5.11 Å². The molecule has 0 fully saturated rings. The van der Waals surface area contributed by atoms with Crippen molar-refractivity contribution >= 4 is 0 Å². The Kier molecular flexibility index (Phi) is 4.01. The van der Waals surface area contributed by atoms with Crippen molar-refractivity contribution in [1.82, 2.24) is 10.1 Å². The van der Waals surface area contributed by atoms with Crippen molar-refractivity contribution in [2.75, 3.05) is 13.7 Å². The van der Waals surface area contributed by atoms with Crippen LogP contribution in [0.4, 0.5) is 0 Å². The first-order valence-electron chi connectivity index (χ1n) is 5.99. The minimum atomic E-state index is -0.254. The number of methoxy groups -OCH3 is 1. The van der Waals surface area contributed by atoms with E-state index in [2.05, 4.69) is 10.1 Å². The van der Waals surface area contributed by atoms with E-state index in [4.69, 9.17) is 14.0 Å². The van der Waals surface area contributed by atoms with E-state index in [0.29, 0.717) is 23.7 Å². The van der Waals surface area contributed by atoms with Gasteiger partial charge in [0.15, 0.2) is 11.5 Å². The van der Waals surface area contributed by atoms with Gasteiger partial charge in [0.05, 0.1) is 12.7 Å². The Morgan fingerprint density at radius 3 is 2.89 bits per heavy atom. The molecule has 1 heterocycles. The predicted octanol–water partition coefficient (Wildman–Crippen LogP) is 2.55. The first-order chi connectivity index (χ1) is 9.17. The third-order valence-electron chi connectivity index (χ3n) is 2.67. The fraction of sp³-hybridized carbons (Fsp3) is 0.385. The molecule has 0 saturated heterocycles. The van der Waals surface area contributed by atoms with Gasteiger partial charge in [0.1, 0.15) is 6.10 Å². The average Bonchev–Trinajstić information content (AvgIpc) is 2.89. The highest BCUT2D eigenvalue weighted by Crippen LogP contribution is 2.36. The second-order valence-electron chi connectivity index (χ2n) is 3.91. The number of phenolic OH excluding ortho intramolecular Hbond substituents is 1. The molecule has 19 heavy (non-hydrogen) atoms. The van der Waals surface area contributed by atoms with Gasteiger partial charge in [0.25, 0.3) is 5.89 Å². The van der Waals surface area contributed by atoms with Crippen molar-refractivity contribution in [2.24, 2.45) is 0 Å². The summed E-state index contributed by atoms with van der Waals surface area (Å²) in [6.07, 6.45) is -0.254. The molecule has 1 atom stereocenters. The van der Waals surface area contributed by atoms with E-state index >= 15 is 0 Å². The highest BCUT2D eigenvalue weighted by Gasteiger charge is 2.18. The van der Waals surface area contributed by atoms with Gasteiger partial charge in [-0.3, -0.25) is 0 Å². The number of phenols is 1. The van der Waals surface area contributed by atoms with Crippen molar-refractivity contribution in [3.63, 3.8) is 0 Å². The number of benzene rings is 1. The van der Waals surface area contributed by atoms with Gasteiger partial charge in [-0.1, -0.05) is 11.2 Å². The topological polar surface area (TPSA) is 77.6 Å². The molecule has 1 aromatic heterocycles. The molecule has 0 amide bonds. The number of para-hydroxylation sites is 1. The fourth-order valence-electron chi connectivity index (χ4n) is 1.69. The Balaban J connectivity index is 2.33. The highest BCUT2D eigenvalue weighted by molar-refractivity contribution is 5.66. The van der Waals surface area contributed by atoms with Gasteiger partial charge in [0.2, 0.25) is 5.82 Å². The Morgan fingerprint density at radius 1 is 1.42 bits per heavy atom. The molecule has 2 rings (SSSR count). The van der Waals surface area contributed by atoms with E-state index in [1.807, 2.05) is 13.8 Å². The first-order valence-corrected chi connectivity index (χ1v) is 5.99. The molecule has 102 valence electrons. The minimum absolute atomic E-state index is 0.0238. The normalized spacial score (nSPS) is 12.4. The number of aromatic nitrogens is 2. The lowest BCUT2D eigenvalue weighted by Crippen LogP contribution is -2.01. The molecule has 0 aliphatic heterocycles. The van der Waals surface area contributed by atoms with Gasteiger partial charge in [-0.05, 0) is 26.0 Å². The zero-order valence-electron chi connectivity index (χ0n) is 11.1. The summed E-state index contributed by atoms with van der Waals surface area (Å²) in [7, 11) is 1.48. The Hall–Kier alpha value is -2.08. The molecular formula is C13H16N2O4. The standard InChI is InChI=1S/C13H16N2O4/c1-4-18-8(2)12-14-13(19-15-12)9-6-5-7-10(17-3)11(9)16/h5-8,16H,4H2,1-3H3. The number of nitrogens with zero attached hydrogens (tertiary/aromatic N) is 2. The van der Waals surface area contributed by atoms with Crippen molar-refractivity contribution in [1.29, 1.82) is 0 Å². The lowest BCUT2D eigenvalue weighted by Gasteiger charge is -2.06. The van der Waals surface area contributed by atoms with E-state index in [1.54, 1.807) is 18.2 Å². The maximum Gasteiger partial charge on any atom is 0.261 e. The molecular weight excluding hydrogens is 248 g/mol. The largest absolute Gasteiger partial charge is 0.504 e. The van der Waals surface area contributed by atoms with E-state index in [0.717, 1.165) is 0 Å². The van der Waals surface area contributed by atoms with Gasteiger partial charge in [-0.2, -0.15) is 4.98 Å². The van der Waals surface area contributed by atoms with Crippen molar-refractivity contribution < 1.29 is 19.1 Å². The van der Waals surface area contributed by atoms with Gasteiger partial charge in [-0.25, -0.2) is 0 Å². The molecule has 0 bridgehead atoms. The minimum Gasteiger partial charge on any atom is -0.504 e. The maximum atomic E-state index is 10.0. The third kappa shape index (κ3) is 2.68. The van der Waals surface area contributed by atoms with Crippen molar-refractivity contribution in [2.45, 2.75) is 20.0 Å². The van der Waals surface area contributed by atoms with Crippen LogP contribution >= 0.6 is 0 Å². The summed E-state index contributed by atoms with van der Waals surface area (Å²) >= 11 is 0. The summed E-state index contributed by atoms with van der Waals surface area (Å²) in [4.78, 5) is 4.22. The summed E-state index contributed by atoms with van der Waals surface area (Å²) < 4.78 is 15.6. The van der Waals surface area contributed by atoms with E-state index in [-0.39, 0.29) is 17.7 Å². The molecule has 2 aromatic rings. The molecule has 0 spiro atoms. The smallest absolute Gasteiger partial charge is 0.261 e. The Bertz CT molecular complexity index is 553. The van der Waals surface area contributed by atoms with Crippen LogP contribution in [-0.2, 0) is 4.74 Å². The van der Waals surface area contributed by atoms with Crippen LogP contribution < -0.4 is 4.74 Å². The van der Waals surface area contributed by atoms with Crippen LogP contribution in [0, 0.1) is 0 Å². The van der Waals surface area contributed by atoms with Crippen LogP contribution in [0.3, 0.4) is 0 Å². The quantitative estimate of drug-likeness (QED) is 0.894. The molecule has 0 saturated carbocycles. The maximum absolute atomic E-state index is 10.0. The summed E-state index contributed by atoms with van der Waals surface area (Å²) in [6, 6.07) is 5.07. The van der Waals surface area contributed by atoms with Crippen molar-refractivity contribution in [3.8, 4) is 23.0 Å². The monoisotopic (exact) mass is 264 g/mol. The molecule has 6 heteroatoms. The molecule has 0 aliphatic rings. The van der Waals surface area contributed by atoms with Gasteiger partial charge in [-0.15, -0.1) is 0 Å². The summed E-state index contributed by atoms with van der Waals surface area (Å²) in [5, 5.41) is 13.9. The van der Waals surface area contributed by atoms with Gasteiger partial charge < -0.3 is 19.1 Å². The van der Waals surface area contributed by atoms with Gasteiger partial charge in [0, 0.05) is 6.61 Å². The molecule has 1 N–H and O–H groups in total. The Labute approximate surface area is 111 Å². The van der Waals surface area contributed by atoms with Crippen LogP contribution in [0.1, 0.15) is 25.8 Å². The average molecular weight is 264 g/mol. The van der Waals surface area contributed by atoms with Crippen LogP contribution in [0.15, 0.2) is 22.7 Å². The summed E-state index contributed by atoms with van der Waals surface area (Å²) in [6.45, 7) is 4.30. The van der Waals surface area contributed by atoms with Crippen LogP contribution in [0.5, 0.6) is 11.5 Å². The van der Waals surface area contributed by atoms with E-state index in [1.165, 1.54) is 7.11 Å². The number of ether oxygens (including phenoxy) is 2. The van der Waals surface area contributed by atoms with Crippen LogP contribution in [0.2, 0.25) is 0 Å². The molecule has 1 unspecified atom stereocenters. The fourth-order valence-corrected chi connectivity index (χ4v) is 1.69. The Morgan fingerprint density at radius 2 is 2.21 bits per heavy atom. The number of hydrogen-bond acceptors (Lipinski definition) is 6. The number of hydrogen-bond donors (Lipinski definition) is 1. The zero-order valence-corrected chi connectivity index (χ0v) is 11.1.